The van der Waals surface area contributed by atoms with Gasteiger partial charge >= 0.3 is 0 Å². The van der Waals surface area contributed by atoms with Gasteiger partial charge in [-0.1, -0.05) is 6.07 Å². The largest absolute Gasteiger partial charge is 0.481 e. The predicted molar refractivity (Wildman–Crippen MR) is 71.8 cm³/mol. The van der Waals surface area contributed by atoms with Crippen molar-refractivity contribution < 1.29 is 9.15 Å². The molecule has 0 aliphatic rings. The lowest BCUT2D eigenvalue weighted by atomic mass is 10.1. The van der Waals surface area contributed by atoms with Crippen molar-refractivity contribution in [2.75, 3.05) is 6.54 Å². The molecule has 0 spiro atoms. The Labute approximate surface area is 108 Å². The van der Waals surface area contributed by atoms with Crippen LogP contribution in [0.15, 0.2) is 34.9 Å². The summed E-state index contributed by atoms with van der Waals surface area (Å²) in [5.74, 6) is 1.63. The number of ether oxygens (including phenoxy) is 1. The molecule has 1 aromatic heterocycles. The molecule has 0 aliphatic heterocycles. The van der Waals surface area contributed by atoms with Crippen molar-refractivity contribution in [2.24, 2.45) is 5.73 Å². The Balaban J connectivity index is 2.28. The van der Waals surface area contributed by atoms with Crippen molar-refractivity contribution in [1.82, 2.24) is 0 Å². The zero-order valence-electron chi connectivity index (χ0n) is 11.1. The molecule has 0 radical (unpaired) electrons. The van der Waals surface area contributed by atoms with E-state index in [4.69, 9.17) is 14.9 Å². The van der Waals surface area contributed by atoms with Crippen LogP contribution in [0.1, 0.15) is 28.6 Å². The van der Waals surface area contributed by atoms with E-state index in [-0.39, 0.29) is 6.10 Å². The van der Waals surface area contributed by atoms with Crippen molar-refractivity contribution >= 4 is 0 Å². The van der Waals surface area contributed by atoms with Gasteiger partial charge in [0.05, 0.1) is 6.26 Å². The summed E-state index contributed by atoms with van der Waals surface area (Å²) in [5, 5.41) is 0. The molecule has 1 atom stereocenters. The van der Waals surface area contributed by atoms with Crippen molar-refractivity contribution in [3.05, 3.63) is 53.0 Å². The maximum Gasteiger partial charge on any atom is 0.168 e. The van der Waals surface area contributed by atoms with Gasteiger partial charge < -0.3 is 14.9 Å². The third-order valence-corrected chi connectivity index (χ3v) is 3.11. The predicted octanol–water partition coefficient (Wildman–Crippen LogP) is 3.28. The number of benzene rings is 1. The van der Waals surface area contributed by atoms with Crippen LogP contribution in [0.4, 0.5) is 0 Å². The Hall–Kier alpha value is -1.74. The highest BCUT2D eigenvalue weighted by atomic mass is 16.5. The first-order valence-electron chi connectivity index (χ1n) is 6.09. The van der Waals surface area contributed by atoms with E-state index in [1.54, 1.807) is 6.26 Å². The van der Waals surface area contributed by atoms with Gasteiger partial charge in [-0.3, -0.25) is 0 Å². The van der Waals surface area contributed by atoms with Crippen molar-refractivity contribution in [3.8, 4) is 5.75 Å². The molecular weight excluding hydrogens is 226 g/mol. The molecule has 2 rings (SSSR count). The summed E-state index contributed by atoms with van der Waals surface area (Å²) in [4.78, 5) is 0. The zero-order valence-corrected chi connectivity index (χ0v) is 11.1. The van der Waals surface area contributed by atoms with Gasteiger partial charge in [0.2, 0.25) is 0 Å². The summed E-state index contributed by atoms with van der Waals surface area (Å²) in [6.07, 6.45) is 1.40. The van der Waals surface area contributed by atoms with E-state index < -0.39 is 0 Å². The summed E-state index contributed by atoms with van der Waals surface area (Å²) < 4.78 is 11.3. The number of hydrogen-bond donors (Lipinski definition) is 1. The second-order valence-corrected chi connectivity index (χ2v) is 4.56. The van der Waals surface area contributed by atoms with Crippen LogP contribution in [-0.4, -0.2) is 6.54 Å². The van der Waals surface area contributed by atoms with Gasteiger partial charge in [0, 0.05) is 6.54 Å². The molecular formula is C15H19NO2. The van der Waals surface area contributed by atoms with E-state index in [0.29, 0.717) is 6.54 Å². The second kappa shape index (κ2) is 5.27. The lowest BCUT2D eigenvalue weighted by Crippen LogP contribution is -2.18. The molecule has 2 N–H and O–H groups in total. The van der Waals surface area contributed by atoms with E-state index in [2.05, 4.69) is 26.8 Å². The fourth-order valence-corrected chi connectivity index (χ4v) is 1.97. The molecule has 96 valence electrons. The molecule has 0 saturated carbocycles. The van der Waals surface area contributed by atoms with E-state index in [9.17, 15) is 0 Å². The molecule has 0 aliphatic carbocycles. The topological polar surface area (TPSA) is 48.4 Å². The number of rotatable bonds is 4. The van der Waals surface area contributed by atoms with Gasteiger partial charge in [-0.25, -0.2) is 0 Å². The van der Waals surface area contributed by atoms with Crippen LogP contribution in [0, 0.1) is 20.8 Å². The number of hydrogen-bond acceptors (Lipinski definition) is 3. The summed E-state index contributed by atoms with van der Waals surface area (Å²) in [7, 11) is 0. The molecule has 18 heavy (non-hydrogen) atoms. The van der Waals surface area contributed by atoms with Gasteiger partial charge in [0.1, 0.15) is 11.5 Å². The van der Waals surface area contributed by atoms with Crippen LogP contribution < -0.4 is 10.5 Å². The van der Waals surface area contributed by atoms with Gasteiger partial charge in [0.25, 0.3) is 0 Å². The monoisotopic (exact) mass is 245 g/mol. The third-order valence-electron chi connectivity index (χ3n) is 3.11. The zero-order chi connectivity index (χ0) is 13.1. The normalized spacial score (nSPS) is 12.4. The summed E-state index contributed by atoms with van der Waals surface area (Å²) in [6.45, 7) is 6.59. The second-order valence-electron chi connectivity index (χ2n) is 4.56. The molecule has 0 saturated heterocycles. The van der Waals surface area contributed by atoms with Crippen LogP contribution in [-0.2, 0) is 0 Å². The highest BCUT2D eigenvalue weighted by Crippen LogP contribution is 2.28. The molecule has 3 nitrogen and oxygen atoms in total. The minimum atomic E-state index is -0.236. The van der Waals surface area contributed by atoms with Crippen LogP contribution >= 0.6 is 0 Å². The number of furan rings is 1. The standard InChI is InChI=1S/C15H19NO2/c1-10-7-11(2)12(3)14(8-10)18-15(9-16)13-5-4-6-17-13/h4-8,15H,9,16H2,1-3H3. The first kappa shape index (κ1) is 12.7. The number of aryl methyl sites for hydroxylation is 2. The molecule has 2 aromatic rings. The first-order valence-corrected chi connectivity index (χ1v) is 6.09. The van der Waals surface area contributed by atoms with Crippen LogP contribution in [0.5, 0.6) is 5.75 Å². The summed E-state index contributed by atoms with van der Waals surface area (Å²) in [5.41, 5.74) is 9.30. The Bertz CT molecular complexity index is 518. The highest BCUT2D eigenvalue weighted by molar-refractivity contribution is 5.42. The fourth-order valence-electron chi connectivity index (χ4n) is 1.97. The maximum absolute atomic E-state index is 5.98. The molecule has 0 amide bonds. The number of nitrogens with two attached hydrogens (primary N) is 1. The molecule has 1 aromatic carbocycles. The quantitative estimate of drug-likeness (QED) is 0.899. The van der Waals surface area contributed by atoms with E-state index in [1.165, 1.54) is 11.1 Å². The Morgan fingerprint density at radius 3 is 2.67 bits per heavy atom. The Morgan fingerprint density at radius 1 is 1.28 bits per heavy atom. The summed E-state index contributed by atoms with van der Waals surface area (Å²) >= 11 is 0. The fraction of sp³-hybridized carbons (Fsp3) is 0.333. The van der Waals surface area contributed by atoms with Crippen LogP contribution in [0.3, 0.4) is 0 Å². The molecule has 0 fully saturated rings. The highest BCUT2D eigenvalue weighted by Gasteiger charge is 2.16. The molecule has 1 unspecified atom stereocenters. The Morgan fingerprint density at radius 2 is 2.06 bits per heavy atom. The van der Waals surface area contributed by atoms with Gasteiger partial charge in [-0.05, 0) is 55.7 Å². The first-order chi connectivity index (χ1) is 8.61. The Kier molecular flexibility index (Phi) is 3.72. The minimum Gasteiger partial charge on any atom is -0.481 e. The average molecular weight is 245 g/mol. The van der Waals surface area contributed by atoms with Crippen molar-refractivity contribution in [3.63, 3.8) is 0 Å². The smallest absolute Gasteiger partial charge is 0.168 e. The van der Waals surface area contributed by atoms with Gasteiger partial charge in [-0.15, -0.1) is 0 Å². The molecule has 1 heterocycles. The minimum absolute atomic E-state index is 0.236. The van der Waals surface area contributed by atoms with Crippen molar-refractivity contribution in [1.29, 1.82) is 0 Å². The van der Waals surface area contributed by atoms with E-state index >= 15 is 0 Å². The lowest BCUT2D eigenvalue weighted by molar-refractivity contribution is 0.182. The lowest BCUT2D eigenvalue weighted by Gasteiger charge is -2.18. The van der Waals surface area contributed by atoms with Gasteiger partial charge in [-0.2, -0.15) is 0 Å². The van der Waals surface area contributed by atoms with Crippen LogP contribution in [0.25, 0.3) is 0 Å². The van der Waals surface area contributed by atoms with E-state index in [1.807, 2.05) is 18.2 Å². The van der Waals surface area contributed by atoms with Gasteiger partial charge in [0.15, 0.2) is 6.10 Å². The molecule has 3 heteroatoms. The van der Waals surface area contributed by atoms with E-state index in [0.717, 1.165) is 17.1 Å². The maximum atomic E-state index is 5.98. The van der Waals surface area contributed by atoms with Crippen LogP contribution in [0.2, 0.25) is 0 Å². The average Bonchev–Trinajstić information content (AvgIpc) is 2.85. The third kappa shape index (κ3) is 2.57. The molecule has 0 bridgehead atoms. The SMILES string of the molecule is Cc1cc(C)c(C)c(OC(CN)c2ccco2)c1. The van der Waals surface area contributed by atoms with Crippen molar-refractivity contribution in [2.45, 2.75) is 26.9 Å². The summed E-state index contributed by atoms with van der Waals surface area (Å²) in [6, 6.07) is 7.91.